The third-order valence-corrected chi connectivity index (χ3v) is 5.68. The topological polar surface area (TPSA) is 75.9 Å². The van der Waals surface area contributed by atoms with Crippen LogP contribution in [0, 0.1) is 0 Å². The molecule has 0 aliphatic carbocycles. The van der Waals surface area contributed by atoms with Crippen LogP contribution in [0.1, 0.15) is 6.42 Å². The lowest BCUT2D eigenvalue weighted by atomic mass is 10.1. The normalized spacial score (nSPS) is 19.1. The number of thioether (sulfide) groups is 1. The van der Waals surface area contributed by atoms with Crippen LogP contribution in [-0.4, -0.2) is 48.9 Å². The Kier molecular flexibility index (Phi) is 4.79. The van der Waals surface area contributed by atoms with Gasteiger partial charge in [0.05, 0.1) is 41.9 Å². The first-order valence-electron chi connectivity index (χ1n) is 8.42. The van der Waals surface area contributed by atoms with E-state index in [1.807, 2.05) is 6.07 Å². The van der Waals surface area contributed by atoms with Crippen LogP contribution in [-0.2, 0) is 0 Å². The average molecular weight is 389 g/mol. The van der Waals surface area contributed by atoms with Gasteiger partial charge in [-0.1, -0.05) is 11.8 Å². The van der Waals surface area contributed by atoms with Crippen molar-refractivity contribution in [2.75, 3.05) is 13.1 Å². The van der Waals surface area contributed by atoms with E-state index in [1.54, 1.807) is 35.4 Å². The predicted molar refractivity (Wildman–Crippen MR) is 98.3 cm³/mol. The Labute approximate surface area is 158 Å². The van der Waals surface area contributed by atoms with Gasteiger partial charge in [-0.15, -0.1) is 0 Å². The van der Waals surface area contributed by atoms with E-state index in [0.29, 0.717) is 29.2 Å². The highest BCUT2D eigenvalue weighted by molar-refractivity contribution is 7.99. The van der Waals surface area contributed by atoms with E-state index in [4.69, 9.17) is 0 Å². The van der Waals surface area contributed by atoms with Crippen LogP contribution in [0.5, 0.6) is 5.75 Å². The Morgan fingerprint density at radius 3 is 2.81 bits per heavy atom. The third-order valence-electron chi connectivity index (χ3n) is 4.37. The summed E-state index contributed by atoms with van der Waals surface area (Å²) in [4.78, 5) is 12.5. The molecule has 2 N–H and O–H groups in total. The number of phenols is 1. The molecule has 1 fully saturated rings. The number of nitrogens with zero attached hydrogens (tertiary/aromatic N) is 4. The third kappa shape index (κ3) is 3.79. The van der Waals surface area contributed by atoms with E-state index >= 15 is 0 Å². The second kappa shape index (κ2) is 7.24. The fourth-order valence-electron chi connectivity index (χ4n) is 2.93. The smallest absolute Gasteiger partial charge is 0.272 e. The van der Waals surface area contributed by atoms with Gasteiger partial charge in [0.2, 0.25) is 0 Å². The van der Waals surface area contributed by atoms with Gasteiger partial charge in [-0.3, -0.25) is 4.98 Å². The lowest BCUT2D eigenvalue weighted by Gasteiger charge is -2.30. The molecule has 0 unspecified atom stereocenters. The number of piperidine rings is 1. The molecule has 1 aliphatic rings. The van der Waals surface area contributed by atoms with Gasteiger partial charge < -0.3 is 15.0 Å². The maximum absolute atomic E-state index is 13.9. The van der Waals surface area contributed by atoms with E-state index in [0.717, 1.165) is 17.4 Å². The zero-order chi connectivity index (χ0) is 18.9. The Morgan fingerprint density at radius 1 is 1.26 bits per heavy atom. The molecule has 3 heterocycles. The molecule has 0 bridgehead atoms. The number of aromatic hydroxyl groups is 1. The molecule has 1 aromatic carbocycles. The zero-order valence-electron chi connectivity index (χ0n) is 14.2. The number of imidazole rings is 1. The molecule has 3 aromatic rings. The molecule has 1 atom stereocenters. The van der Waals surface area contributed by atoms with Gasteiger partial charge in [0, 0.05) is 24.0 Å². The first-order chi connectivity index (χ1) is 13.0. The molecular weight excluding hydrogens is 372 g/mol. The van der Waals surface area contributed by atoms with Gasteiger partial charge in [0.15, 0.2) is 0 Å². The summed E-state index contributed by atoms with van der Waals surface area (Å²) in [5, 5.41) is 12.7. The van der Waals surface area contributed by atoms with Crippen molar-refractivity contribution in [1.29, 1.82) is 0 Å². The van der Waals surface area contributed by atoms with Crippen molar-refractivity contribution in [2.24, 2.45) is 0 Å². The van der Waals surface area contributed by atoms with E-state index < -0.39 is 11.2 Å². The number of nitrogens with one attached hydrogen (secondary N) is 1. The fraction of sp³-hybridized carbons (Fsp3) is 0.278. The summed E-state index contributed by atoms with van der Waals surface area (Å²) in [6.45, 7) is 0.253. The molecule has 0 radical (unpaired) electrons. The Bertz CT molecular complexity index is 918. The minimum absolute atomic E-state index is 0.0563. The predicted octanol–water partition coefficient (Wildman–Crippen LogP) is 3.12. The van der Waals surface area contributed by atoms with E-state index in [1.165, 1.54) is 12.4 Å². The van der Waals surface area contributed by atoms with Crippen molar-refractivity contribution in [3.05, 3.63) is 49.3 Å². The number of benzene rings is 1. The molecule has 1 aliphatic heterocycles. The highest BCUT2D eigenvalue weighted by Gasteiger charge is 2.42. The molecule has 9 heteroatoms. The number of alkyl halides is 2. The summed E-state index contributed by atoms with van der Waals surface area (Å²) >= 11 is 1.04. The average Bonchev–Trinajstić information content (AvgIpc) is 3.19. The van der Waals surface area contributed by atoms with Crippen molar-refractivity contribution < 1.29 is 13.9 Å². The highest BCUT2D eigenvalue weighted by Crippen LogP contribution is 2.37. The number of halogens is 2. The summed E-state index contributed by atoms with van der Waals surface area (Å²) < 4.78 is 29.6. The van der Waals surface area contributed by atoms with Crippen LogP contribution in [0.3, 0.4) is 0 Å². The van der Waals surface area contributed by atoms with Gasteiger partial charge in [0.1, 0.15) is 10.8 Å². The first kappa shape index (κ1) is 17.9. The lowest BCUT2D eigenvalue weighted by molar-refractivity contribution is -0.0141. The summed E-state index contributed by atoms with van der Waals surface area (Å²) in [6, 6.07) is 5.18. The summed E-state index contributed by atoms with van der Waals surface area (Å²) in [6.07, 6.45) is 8.40. The molecule has 6 nitrogen and oxygen atoms in total. The number of hydrogen-bond acceptors (Lipinski definition) is 6. The van der Waals surface area contributed by atoms with Gasteiger partial charge in [0.25, 0.3) is 5.92 Å². The number of rotatable bonds is 4. The van der Waals surface area contributed by atoms with E-state index in [9.17, 15) is 13.9 Å². The maximum Gasteiger partial charge on any atom is 0.272 e. The number of aromatic nitrogens is 4. The van der Waals surface area contributed by atoms with Crippen LogP contribution in [0.15, 0.2) is 54.3 Å². The lowest BCUT2D eigenvalue weighted by Crippen LogP contribution is -2.47. The fourth-order valence-corrected chi connectivity index (χ4v) is 3.94. The monoisotopic (exact) mass is 389 g/mol. The van der Waals surface area contributed by atoms with Crippen LogP contribution in [0.4, 0.5) is 8.78 Å². The molecule has 140 valence electrons. The second-order valence-electron chi connectivity index (χ2n) is 6.24. The van der Waals surface area contributed by atoms with Gasteiger partial charge >= 0.3 is 0 Å². The summed E-state index contributed by atoms with van der Waals surface area (Å²) in [5.74, 6) is -2.72. The van der Waals surface area contributed by atoms with Crippen molar-refractivity contribution in [1.82, 2.24) is 24.8 Å². The molecule has 0 amide bonds. The SMILES string of the molecule is Oc1cc(-n2ccnc2)ccc1-c1cnc(S[C@@H]2CCNCC2(F)F)cn1. The molecule has 0 saturated carbocycles. The molecule has 4 rings (SSSR count). The van der Waals surface area contributed by atoms with Crippen LogP contribution in [0.2, 0.25) is 0 Å². The van der Waals surface area contributed by atoms with Gasteiger partial charge in [-0.2, -0.15) is 0 Å². The standard InChI is InChI=1S/C18H17F2N5OS/c19-18(20)10-21-4-3-16(18)27-17-9-23-14(8-24-17)13-2-1-12(7-15(13)26)25-6-5-22-11-25/h1-2,5-9,11,16,21,26H,3-4,10H2/t16-/m1/s1. The van der Waals surface area contributed by atoms with Crippen molar-refractivity contribution >= 4 is 11.8 Å². The molecule has 2 aromatic heterocycles. The van der Waals surface area contributed by atoms with Crippen molar-refractivity contribution in [3.63, 3.8) is 0 Å². The Morgan fingerprint density at radius 2 is 2.15 bits per heavy atom. The van der Waals surface area contributed by atoms with E-state index in [2.05, 4.69) is 20.3 Å². The molecule has 1 saturated heterocycles. The number of phenolic OH excluding ortho intramolecular Hbond substituents is 1. The molecule has 0 spiro atoms. The van der Waals surface area contributed by atoms with Gasteiger partial charge in [-0.05, 0) is 25.1 Å². The Balaban J connectivity index is 1.52. The quantitative estimate of drug-likeness (QED) is 0.714. The van der Waals surface area contributed by atoms with Crippen LogP contribution < -0.4 is 5.32 Å². The maximum atomic E-state index is 13.9. The van der Waals surface area contributed by atoms with Crippen LogP contribution >= 0.6 is 11.8 Å². The summed E-state index contributed by atoms with van der Waals surface area (Å²) in [7, 11) is 0. The van der Waals surface area contributed by atoms with Crippen LogP contribution in [0.25, 0.3) is 16.9 Å². The minimum Gasteiger partial charge on any atom is -0.507 e. The number of hydrogen-bond donors (Lipinski definition) is 2. The Hall–Kier alpha value is -2.52. The van der Waals surface area contributed by atoms with Gasteiger partial charge in [-0.25, -0.2) is 18.7 Å². The summed E-state index contributed by atoms with van der Waals surface area (Å²) in [5.41, 5.74) is 1.77. The highest BCUT2D eigenvalue weighted by atomic mass is 32.2. The minimum atomic E-state index is -2.77. The van der Waals surface area contributed by atoms with Crippen molar-refractivity contribution in [3.8, 4) is 22.7 Å². The zero-order valence-corrected chi connectivity index (χ0v) is 15.0. The van der Waals surface area contributed by atoms with E-state index in [-0.39, 0.29) is 12.3 Å². The molecule has 27 heavy (non-hydrogen) atoms. The molecular formula is C18H17F2N5OS. The second-order valence-corrected chi connectivity index (χ2v) is 7.47. The first-order valence-corrected chi connectivity index (χ1v) is 9.30. The van der Waals surface area contributed by atoms with Crippen molar-refractivity contribution in [2.45, 2.75) is 22.6 Å². The largest absolute Gasteiger partial charge is 0.507 e.